The molecule has 0 aromatic heterocycles. The number of methoxy groups -OCH3 is 2. The summed E-state index contributed by atoms with van der Waals surface area (Å²) in [6.07, 6.45) is 1.37. The van der Waals surface area contributed by atoms with Crippen molar-refractivity contribution in [3.63, 3.8) is 0 Å². The van der Waals surface area contributed by atoms with Crippen LogP contribution in [0.5, 0.6) is 11.5 Å². The predicted molar refractivity (Wildman–Crippen MR) is 121 cm³/mol. The van der Waals surface area contributed by atoms with Crippen LogP contribution in [0.4, 0.5) is 0 Å². The number of benzene rings is 3. The average Bonchev–Trinajstić information content (AvgIpc) is 2.83. The first-order chi connectivity index (χ1) is 15.2. The second kappa shape index (κ2) is 8.10. The van der Waals surface area contributed by atoms with E-state index in [9.17, 15) is 4.79 Å². The fourth-order valence-corrected chi connectivity index (χ4v) is 5.44. The van der Waals surface area contributed by atoms with E-state index < -0.39 is 0 Å². The summed E-state index contributed by atoms with van der Waals surface area (Å²) in [5.74, 6) is 2.57. The second-order valence-corrected chi connectivity index (χ2v) is 8.44. The first-order valence-corrected chi connectivity index (χ1v) is 10.8. The summed E-state index contributed by atoms with van der Waals surface area (Å²) >= 11 is 0. The molecular weight excluding hydrogens is 386 g/mol. The Morgan fingerprint density at radius 2 is 1.55 bits per heavy atom. The Morgan fingerprint density at radius 3 is 2.16 bits per heavy atom. The zero-order valence-corrected chi connectivity index (χ0v) is 17.9. The van der Waals surface area contributed by atoms with Gasteiger partial charge in [-0.2, -0.15) is 0 Å². The quantitative estimate of drug-likeness (QED) is 0.639. The largest absolute Gasteiger partial charge is 0.497 e. The van der Waals surface area contributed by atoms with Crippen LogP contribution in [0, 0.1) is 5.92 Å². The lowest BCUT2D eigenvalue weighted by Gasteiger charge is -2.45. The summed E-state index contributed by atoms with van der Waals surface area (Å²) in [7, 11) is 3.24. The molecular formula is C27H27NO3. The third-order valence-corrected chi connectivity index (χ3v) is 6.83. The molecule has 0 fully saturated rings. The summed E-state index contributed by atoms with van der Waals surface area (Å²) in [6, 6.07) is 23.2. The van der Waals surface area contributed by atoms with Crippen molar-refractivity contribution in [3.8, 4) is 11.5 Å². The van der Waals surface area contributed by atoms with E-state index in [4.69, 9.17) is 9.47 Å². The van der Waals surface area contributed by atoms with Gasteiger partial charge >= 0.3 is 0 Å². The van der Waals surface area contributed by atoms with Gasteiger partial charge in [-0.3, -0.25) is 4.79 Å². The molecule has 3 aromatic rings. The van der Waals surface area contributed by atoms with Crippen molar-refractivity contribution in [2.45, 2.75) is 24.7 Å². The van der Waals surface area contributed by atoms with E-state index in [1.54, 1.807) is 14.2 Å². The Balaban J connectivity index is 1.32. The van der Waals surface area contributed by atoms with Gasteiger partial charge in [0.05, 0.1) is 20.6 Å². The van der Waals surface area contributed by atoms with E-state index in [-0.39, 0.29) is 5.91 Å². The van der Waals surface area contributed by atoms with E-state index in [2.05, 4.69) is 53.8 Å². The van der Waals surface area contributed by atoms with Crippen molar-refractivity contribution in [3.05, 3.63) is 94.5 Å². The maximum atomic E-state index is 12.8. The third kappa shape index (κ3) is 3.46. The highest BCUT2D eigenvalue weighted by atomic mass is 16.5. The average molecular weight is 414 g/mol. The molecule has 3 aliphatic rings. The molecule has 1 N–H and O–H groups in total. The minimum atomic E-state index is 0.0199. The van der Waals surface area contributed by atoms with E-state index in [1.165, 1.54) is 22.3 Å². The van der Waals surface area contributed by atoms with Crippen LogP contribution in [-0.4, -0.2) is 26.7 Å². The molecule has 1 atom stereocenters. The van der Waals surface area contributed by atoms with E-state index in [1.807, 2.05) is 18.2 Å². The number of rotatable bonds is 6. The van der Waals surface area contributed by atoms with Gasteiger partial charge in [0.25, 0.3) is 0 Å². The van der Waals surface area contributed by atoms with E-state index >= 15 is 0 Å². The molecule has 0 saturated carbocycles. The minimum absolute atomic E-state index is 0.0199. The van der Waals surface area contributed by atoms with Crippen LogP contribution in [0.25, 0.3) is 0 Å². The van der Waals surface area contributed by atoms with Crippen molar-refractivity contribution >= 4 is 5.91 Å². The van der Waals surface area contributed by atoms with Gasteiger partial charge in [-0.25, -0.2) is 0 Å². The Labute approximate surface area is 183 Å². The minimum Gasteiger partial charge on any atom is -0.497 e. The number of nitrogens with one attached hydrogen (secondary N) is 1. The molecule has 3 aliphatic carbocycles. The lowest BCUT2D eigenvalue weighted by Crippen LogP contribution is -2.39. The molecule has 2 bridgehead atoms. The number of fused-ring (bicyclic) bond motifs is 1. The summed E-state index contributed by atoms with van der Waals surface area (Å²) in [5.41, 5.74) is 6.62. The molecule has 1 amide bonds. The predicted octanol–water partition coefficient (Wildman–Crippen LogP) is 4.66. The summed E-state index contributed by atoms with van der Waals surface area (Å²) in [4.78, 5) is 12.8. The Morgan fingerprint density at radius 1 is 0.903 bits per heavy atom. The van der Waals surface area contributed by atoms with Crippen molar-refractivity contribution in [1.82, 2.24) is 5.32 Å². The summed E-state index contributed by atoms with van der Waals surface area (Å²) < 4.78 is 10.7. The number of ether oxygens (including phenoxy) is 2. The van der Waals surface area contributed by atoms with Gasteiger partial charge in [-0.15, -0.1) is 0 Å². The first-order valence-electron chi connectivity index (χ1n) is 10.8. The zero-order chi connectivity index (χ0) is 21.4. The topological polar surface area (TPSA) is 47.6 Å². The normalized spacial score (nSPS) is 20.5. The zero-order valence-electron chi connectivity index (χ0n) is 17.9. The summed E-state index contributed by atoms with van der Waals surface area (Å²) in [6.45, 7) is 0.682. The molecule has 158 valence electrons. The highest BCUT2D eigenvalue weighted by Crippen LogP contribution is 2.55. The van der Waals surface area contributed by atoms with Gasteiger partial charge in [0.1, 0.15) is 11.5 Å². The Kier molecular flexibility index (Phi) is 5.14. The third-order valence-electron chi connectivity index (χ3n) is 6.83. The van der Waals surface area contributed by atoms with Crippen molar-refractivity contribution in [2.75, 3.05) is 20.8 Å². The van der Waals surface area contributed by atoms with Gasteiger partial charge in [0, 0.05) is 30.0 Å². The SMILES string of the molecule is COc1ccc(CC(=O)NCC2CC3c4ccccc4C2c2ccccc23)c(OC)c1. The monoisotopic (exact) mass is 413 g/mol. The standard InChI is InChI=1S/C27H27NO3/c1-30-19-12-11-17(25(15-19)31-2)14-26(29)28-16-18-13-24-20-7-3-5-9-22(20)27(18)23-10-6-4-8-21(23)24/h3-12,15,18,24,27H,13-14,16H2,1-2H3,(H,28,29). The fourth-order valence-electron chi connectivity index (χ4n) is 5.44. The number of hydrogen-bond donors (Lipinski definition) is 1. The van der Waals surface area contributed by atoms with Crippen molar-refractivity contribution in [1.29, 1.82) is 0 Å². The highest BCUT2D eigenvalue weighted by Gasteiger charge is 2.42. The van der Waals surface area contributed by atoms with Gasteiger partial charge in [0.15, 0.2) is 0 Å². The van der Waals surface area contributed by atoms with E-state index in [0.717, 1.165) is 17.7 Å². The molecule has 4 heteroatoms. The number of amides is 1. The fraction of sp³-hybridized carbons (Fsp3) is 0.296. The molecule has 1 unspecified atom stereocenters. The molecule has 0 saturated heterocycles. The smallest absolute Gasteiger partial charge is 0.224 e. The molecule has 0 spiro atoms. The van der Waals surface area contributed by atoms with Crippen molar-refractivity contribution < 1.29 is 14.3 Å². The van der Waals surface area contributed by atoms with Gasteiger partial charge < -0.3 is 14.8 Å². The molecule has 0 radical (unpaired) electrons. The van der Waals surface area contributed by atoms with Gasteiger partial charge in [-0.1, -0.05) is 54.6 Å². The molecule has 0 aliphatic heterocycles. The van der Waals surface area contributed by atoms with Crippen LogP contribution in [0.2, 0.25) is 0 Å². The Hall–Kier alpha value is -3.27. The van der Waals surface area contributed by atoms with Crippen LogP contribution >= 0.6 is 0 Å². The summed E-state index contributed by atoms with van der Waals surface area (Å²) in [5, 5.41) is 3.20. The van der Waals surface area contributed by atoms with Crippen LogP contribution in [0.15, 0.2) is 66.7 Å². The lowest BCUT2D eigenvalue weighted by molar-refractivity contribution is -0.120. The van der Waals surface area contributed by atoms with Crippen LogP contribution in [-0.2, 0) is 11.2 Å². The number of carbonyl (C=O) groups is 1. The number of carbonyl (C=O) groups excluding carboxylic acids is 1. The molecule has 31 heavy (non-hydrogen) atoms. The van der Waals surface area contributed by atoms with Crippen LogP contribution in [0.3, 0.4) is 0 Å². The molecule has 4 nitrogen and oxygen atoms in total. The second-order valence-electron chi connectivity index (χ2n) is 8.44. The maximum absolute atomic E-state index is 12.8. The molecule has 6 rings (SSSR count). The molecule has 0 heterocycles. The molecule has 3 aromatic carbocycles. The lowest BCUT2D eigenvalue weighted by atomic mass is 9.59. The van der Waals surface area contributed by atoms with E-state index in [0.29, 0.717) is 36.5 Å². The maximum Gasteiger partial charge on any atom is 0.224 e. The first kappa shape index (κ1) is 19.7. The van der Waals surface area contributed by atoms with Crippen molar-refractivity contribution in [2.24, 2.45) is 5.92 Å². The van der Waals surface area contributed by atoms with Crippen LogP contribution in [0.1, 0.15) is 46.1 Å². The van der Waals surface area contributed by atoms with Crippen LogP contribution < -0.4 is 14.8 Å². The number of hydrogen-bond acceptors (Lipinski definition) is 3. The Bertz CT molecular complexity index is 1080. The highest BCUT2D eigenvalue weighted by molar-refractivity contribution is 5.79. The van der Waals surface area contributed by atoms with Gasteiger partial charge in [0.2, 0.25) is 5.91 Å². The van der Waals surface area contributed by atoms with Gasteiger partial charge in [-0.05, 0) is 40.7 Å².